The Morgan fingerprint density at radius 3 is 2.00 bits per heavy atom. The van der Waals surface area contributed by atoms with E-state index in [0.29, 0.717) is 25.1 Å². The van der Waals surface area contributed by atoms with Crippen LogP contribution in [-0.2, 0) is 19.6 Å². The molecule has 0 radical (unpaired) electrons. The van der Waals surface area contributed by atoms with Gasteiger partial charge in [0.25, 0.3) is 0 Å². The fourth-order valence-electron chi connectivity index (χ4n) is 5.87. The highest BCUT2D eigenvalue weighted by molar-refractivity contribution is 7.86. The number of carbonyl (C=O) groups excluding carboxylic acids is 1. The molecule has 0 bridgehead atoms. The molecule has 0 saturated heterocycles. The largest absolute Gasteiger partial charge is 0.532 e. The third-order valence-electron chi connectivity index (χ3n) is 7.79. The van der Waals surface area contributed by atoms with Gasteiger partial charge in [0.15, 0.2) is 0 Å². The monoisotopic (exact) mass is 595 g/mol. The fraction of sp³-hybridized carbons (Fsp3) is 0.375. The molecule has 224 valence electrons. The molecule has 0 aromatic heterocycles. The highest BCUT2D eigenvalue weighted by Crippen LogP contribution is 2.45. The van der Waals surface area contributed by atoms with Gasteiger partial charge in [-0.25, -0.2) is 4.79 Å². The predicted octanol–water partition coefficient (Wildman–Crippen LogP) is 5.39. The van der Waals surface area contributed by atoms with Gasteiger partial charge in [-0.05, 0) is 65.9 Å². The first-order valence-corrected chi connectivity index (χ1v) is 15.6. The Kier molecular flexibility index (Phi) is 9.71. The maximum atomic E-state index is 14.5. The molecule has 1 aliphatic rings. The van der Waals surface area contributed by atoms with Crippen LogP contribution < -0.4 is 10.5 Å². The van der Waals surface area contributed by atoms with Crippen molar-refractivity contribution in [2.75, 3.05) is 26.8 Å². The van der Waals surface area contributed by atoms with Crippen molar-refractivity contribution in [2.24, 2.45) is 11.7 Å². The number of carbonyl (C=O) groups is 2. The van der Waals surface area contributed by atoms with Gasteiger partial charge in [0.05, 0.1) is 7.11 Å². The lowest BCUT2D eigenvalue weighted by atomic mass is 9.98. The zero-order valence-corrected chi connectivity index (χ0v) is 25.0. The zero-order valence-electron chi connectivity index (χ0n) is 24.2. The first-order chi connectivity index (χ1) is 20.1. The van der Waals surface area contributed by atoms with E-state index in [-0.39, 0.29) is 36.3 Å². The minimum atomic E-state index is -4.63. The molecular formula is C32H39N2O7S+. The van der Waals surface area contributed by atoms with Crippen molar-refractivity contribution >= 4 is 22.1 Å². The molecule has 9 nitrogen and oxygen atoms in total. The number of unbranched alkanes of at least 4 members (excludes halogenated alkanes) is 1. The van der Waals surface area contributed by atoms with E-state index < -0.39 is 32.0 Å². The Balaban J connectivity index is 1.81. The molecule has 3 aromatic rings. The molecule has 0 spiro atoms. The summed E-state index contributed by atoms with van der Waals surface area (Å²) in [4.78, 5) is 27.0. The lowest BCUT2D eigenvalue weighted by molar-refractivity contribution is -0.755. The second kappa shape index (κ2) is 13.1. The van der Waals surface area contributed by atoms with Gasteiger partial charge in [-0.3, -0.25) is 0 Å². The number of fused-ring (bicyclic) bond motifs is 3. The lowest BCUT2D eigenvalue weighted by Crippen LogP contribution is -2.66. The molecule has 10 heteroatoms. The Labute approximate surface area is 247 Å². The molecule has 42 heavy (non-hydrogen) atoms. The summed E-state index contributed by atoms with van der Waals surface area (Å²) >= 11 is 0. The van der Waals surface area contributed by atoms with Crippen LogP contribution in [0.1, 0.15) is 50.2 Å². The molecule has 1 aliphatic carbocycles. The number of sulfonamides is 1. The van der Waals surface area contributed by atoms with Crippen LogP contribution in [0.25, 0.3) is 11.1 Å². The Morgan fingerprint density at radius 1 is 0.929 bits per heavy atom. The number of nitrogens with two attached hydrogens (primary N) is 1. The molecule has 1 unspecified atom stereocenters. The molecule has 0 fully saturated rings. The number of amides is 1. The average molecular weight is 596 g/mol. The fourth-order valence-corrected chi connectivity index (χ4v) is 8.00. The normalized spacial score (nSPS) is 15.0. The van der Waals surface area contributed by atoms with E-state index in [0.717, 1.165) is 22.3 Å². The number of ether oxygens (including phenoxy) is 2. The van der Waals surface area contributed by atoms with Crippen molar-refractivity contribution in [2.45, 2.75) is 50.0 Å². The first kappa shape index (κ1) is 31.2. The van der Waals surface area contributed by atoms with Crippen molar-refractivity contribution in [3.8, 4) is 16.9 Å². The van der Waals surface area contributed by atoms with E-state index in [1.165, 1.54) is 31.4 Å². The Bertz CT molecular complexity index is 1480. The van der Waals surface area contributed by atoms with E-state index in [1.54, 1.807) is 13.8 Å². The third kappa shape index (κ3) is 5.79. The van der Waals surface area contributed by atoms with Gasteiger partial charge in [0, 0.05) is 18.3 Å². The second-order valence-electron chi connectivity index (χ2n) is 11.0. The summed E-state index contributed by atoms with van der Waals surface area (Å²) in [6.45, 7) is 3.40. The number of methoxy groups -OCH3 is 1. The van der Waals surface area contributed by atoms with E-state index in [4.69, 9.17) is 15.2 Å². The van der Waals surface area contributed by atoms with Crippen LogP contribution in [0.2, 0.25) is 0 Å². The van der Waals surface area contributed by atoms with Crippen LogP contribution in [0.5, 0.6) is 5.75 Å². The van der Waals surface area contributed by atoms with Crippen LogP contribution in [0.3, 0.4) is 0 Å². The molecular weight excluding hydrogens is 556 g/mol. The van der Waals surface area contributed by atoms with E-state index in [1.807, 2.05) is 48.5 Å². The first-order valence-electron chi connectivity index (χ1n) is 14.1. The molecule has 0 heterocycles. The highest BCUT2D eigenvalue weighted by Gasteiger charge is 2.60. The number of quaternary nitrogens is 1. The summed E-state index contributed by atoms with van der Waals surface area (Å²) in [5, 5.41) is 10.5. The van der Waals surface area contributed by atoms with Gasteiger partial charge in [-0.1, -0.05) is 62.4 Å². The summed E-state index contributed by atoms with van der Waals surface area (Å²) in [6, 6.07) is 19.6. The molecule has 4 rings (SSSR count). The van der Waals surface area contributed by atoms with Crippen LogP contribution in [0.4, 0.5) is 4.79 Å². The standard InChI is InChI=1S/C32H38N2O7S/c1-22(2)20-34(30(31(35)36)14-8-9-19-33,42(38,39)24-17-15-23(40-3)16-18-24)32(37)41-21-29-27-12-6-4-10-25(27)26-11-5-7-13-28(26)29/h4-7,10-13,15-18,22,29-30H,8-9,14,19-21,33H2,1-3H3/p+1/t30-,34?/m0/s1. The summed E-state index contributed by atoms with van der Waals surface area (Å²) < 4.78 is 38.8. The number of hydrogen-bond acceptors (Lipinski definition) is 7. The second-order valence-corrected chi connectivity index (χ2v) is 13.0. The van der Waals surface area contributed by atoms with Crippen LogP contribution in [0.15, 0.2) is 77.7 Å². The zero-order chi connectivity index (χ0) is 30.5. The van der Waals surface area contributed by atoms with Gasteiger partial charge >= 0.3 is 22.1 Å². The Hall–Kier alpha value is -3.73. The molecule has 0 aliphatic heterocycles. The van der Waals surface area contributed by atoms with E-state index >= 15 is 0 Å². The van der Waals surface area contributed by atoms with Crippen molar-refractivity contribution in [1.29, 1.82) is 0 Å². The minimum Gasteiger partial charge on any atom is -0.497 e. The number of rotatable bonds is 13. The number of aliphatic carboxylic acids is 1. The number of nitrogens with zero attached hydrogens (tertiary/aromatic N) is 1. The van der Waals surface area contributed by atoms with E-state index in [2.05, 4.69) is 0 Å². The van der Waals surface area contributed by atoms with Crippen LogP contribution in [0, 0.1) is 5.92 Å². The number of hydrogen-bond donors (Lipinski definition) is 2. The topological polar surface area (TPSA) is 133 Å². The van der Waals surface area contributed by atoms with E-state index in [9.17, 15) is 23.1 Å². The van der Waals surface area contributed by atoms with Crippen molar-refractivity contribution in [3.05, 3.63) is 83.9 Å². The van der Waals surface area contributed by atoms with Crippen molar-refractivity contribution < 1.29 is 36.5 Å². The molecule has 3 N–H and O–H groups in total. The molecule has 0 saturated carbocycles. The maximum absolute atomic E-state index is 14.5. The summed E-state index contributed by atoms with van der Waals surface area (Å²) in [5.41, 5.74) is 9.63. The number of carboxylic acid groups (broad SMARTS) is 1. The maximum Gasteiger partial charge on any atom is 0.532 e. The quantitative estimate of drug-likeness (QED) is 0.199. The SMILES string of the molecule is COc1ccc(S(=O)(=O)[N+](CC(C)C)(C(=O)OCC2c3ccccc3-c3ccccc32)[C@@H](CCCCN)C(=O)O)cc1. The molecule has 3 aromatic carbocycles. The smallest absolute Gasteiger partial charge is 0.497 e. The summed E-state index contributed by atoms with van der Waals surface area (Å²) in [7, 11) is -3.18. The molecule has 2 atom stereocenters. The summed E-state index contributed by atoms with van der Waals surface area (Å²) in [6.07, 6.45) is -0.362. The summed E-state index contributed by atoms with van der Waals surface area (Å²) in [5.74, 6) is -1.66. The van der Waals surface area contributed by atoms with Gasteiger partial charge in [0.2, 0.25) is 6.04 Å². The van der Waals surface area contributed by atoms with Gasteiger partial charge in [0.1, 0.15) is 23.8 Å². The number of carboxylic acids is 1. The minimum absolute atomic E-state index is 0.0706. The average Bonchev–Trinajstić information content (AvgIpc) is 3.30. The third-order valence-corrected chi connectivity index (χ3v) is 10.1. The molecule has 1 amide bonds. The number of benzene rings is 3. The van der Waals surface area contributed by atoms with Crippen LogP contribution in [-0.4, -0.2) is 62.3 Å². The lowest BCUT2D eigenvalue weighted by Gasteiger charge is -2.38. The van der Waals surface area contributed by atoms with Crippen molar-refractivity contribution in [1.82, 2.24) is 0 Å². The highest BCUT2D eigenvalue weighted by atomic mass is 32.2. The van der Waals surface area contributed by atoms with Gasteiger partial charge < -0.3 is 20.3 Å². The van der Waals surface area contributed by atoms with Crippen LogP contribution >= 0.6 is 0 Å². The van der Waals surface area contributed by atoms with Gasteiger partial charge in [-0.15, -0.1) is 3.89 Å². The Morgan fingerprint density at radius 2 is 1.50 bits per heavy atom. The van der Waals surface area contributed by atoms with Crippen molar-refractivity contribution in [3.63, 3.8) is 0 Å². The predicted molar refractivity (Wildman–Crippen MR) is 160 cm³/mol. The van der Waals surface area contributed by atoms with Gasteiger partial charge in [-0.2, -0.15) is 13.2 Å².